The van der Waals surface area contributed by atoms with Crippen molar-refractivity contribution in [2.24, 2.45) is 10.2 Å². The second-order valence-corrected chi connectivity index (χ2v) is 8.34. The molecular weight excluding hydrogens is 428 g/mol. The summed E-state index contributed by atoms with van der Waals surface area (Å²) in [7, 11) is 0. The van der Waals surface area contributed by atoms with Gasteiger partial charge in [0, 0.05) is 30.7 Å². The summed E-state index contributed by atoms with van der Waals surface area (Å²) >= 11 is 0. The molecule has 2 aromatic carbocycles. The molecule has 0 amide bonds. The molecule has 0 unspecified atom stereocenters. The van der Waals surface area contributed by atoms with Gasteiger partial charge in [-0.1, -0.05) is 43.3 Å². The first-order valence-corrected chi connectivity index (χ1v) is 11.8. The summed E-state index contributed by atoms with van der Waals surface area (Å²) in [6, 6.07) is 17.5. The number of azo groups is 1. The van der Waals surface area contributed by atoms with Gasteiger partial charge < -0.3 is 19.9 Å². The summed E-state index contributed by atoms with van der Waals surface area (Å²) in [6.45, 7) is 4.56. The van der Waals surface area contributed by atoms with Crippen LogP contribution in [0, 0.1) is 0 Å². The lowest BCUT2D eigenvalue weighted by molar-refractivity contribution is 0.421. The van der Waals surface area contributed by atoms with Gasteiger partial charge in [-0.25, -0.2) is 0 Å². The number of aromatic hydroxyl groups is 1. The molecule has 0 bridgehead atoms. The third-order valence-corrected chi connectivity index (χ3v) is 5.88. The highest BCUT2D eigenvalue weighted by Crippen LogP contribution is 2.39. The highest BCUT2D eigenvalue weighted by molar-refractivity contribution is 5.95. The van der Waals surface area contributed by atoms with Crippen LogP contribution in [-0.4, -0.2) is 37.7 Å². The van der Waals surface area contributed by atoms with E-state index in [1.165, 1.54) is 6.42 Å². The third-order valence-electron chi connectivity index (χ3n) is 5.88. The van der Waals surface area contributed by atoms with E-state index in [0.29, 0.717) is 24.1 Å². The van der Waals surface area contributed by atoms with Gasteiger partial charge in [-0.15, -0.1) is 10.2 Å². The molecule has 1 aliphatic rings. The van der Waals surface area contributed by atoms with E-state index in [1.807, 2.05) is 59.2 Å². The van der Waals surface area contributed by atoms with Crippen LogP contribution in [0.25, 0.3) is 10.9 Å². The number of hydrogen-bond donors (Lipinski definition) is 2. The zero-order chi connectivity index (χ0) is 23.3. The van der Waals surface area contributed by atoms with E-state index in [-0.39, 0.29) is 11.8 Å². The van der Waals surface area contributed by atoms with Crippen LogP contribution in [0.4, 0.5) is 29.2 Å². The highest BCUT2D eigenvalue weighted by Gasteiger charge is 2.18. The number of hydrogen-bond acceptors (Lipinski definition) is 8. The van der Waals surface area contributed by atoms with E-state index in [4.69, 9.17) is 0 Å². The molecule has 9 nitrogen and oxygen atoms in total. The molecule has 4 aromatic rings. The van der Waals surface area contributed by atoms with Gasteiger partial charge in [0.15, 0.2) is 5.69 Å². The maximum Gasteiger partial charge on any atom is 0.275 e. The smallest absolute Gasteiger partial charge is 0.275 e. The Balaban J connectivity index is 1.53. The number of aryl methyl sites for hydroxylation is 1. The molecule has 0 radical (unpaired) electrons. The van der Waals surface area contributed by atoms with Crippen LogP contribution in [0.3, 0.4) is 0 Å². The van der Waals surface area contributed by atoms with E-state index in [9.17, 15) is 5.11 Å². The average molecular weight is 457 g/mol. The van der Waals surface area contributed by atoms with Gasteiger partial charge in [-0.05, 0) is 43.9 Å². The molecule has 0 saturated carbocycles. The number of nitrogens with one attached hydrogen (secondary N) is 1. The average Bonchev–Trinajstić information content (AvgIpc) is 3.14. The normalized spacial score (nSPS) is 14.2. The standard InChI is InChI=1S/C25H28N8O/c1-2-15-33-20-14-8-7-13-19(20)21(22(33)34)30-31-24-27-23(26-18-11-5-3-6-12-18)28-25(29-24)32-16-9-4-10-17-32/h3,5-8,11-14,34H,2,4,9-10,15-17H2,1H3,(H,26,27,28,29). The Kier molecular flexibility index (Phi) is 6.33. The predicted molar refractivity (Wildman–Crippen MR) is 134 cm³/mol. The van der Waals surface area contributed by atoms with Crippen molar-refractivity contribution >= 4 is 40.1 Å². The lowest BCUT2D eigenvalue weighted by Crippen LogP contribution is -2.31. The monoisotopic (exact) mass is 456 g/mol. The summed E-state index contributed by atoms with van der Waals surface area (Å²) in [5.41, 5.74) is 2.22. The Hall–Kier alpha value is -4.01. The maximum atomic E-state index is 10.9. The molecule has 1 aliphatic heterocycles. The second-order valence-electron chi connectivity index (χ2n) is 8.34. The van der Waals surface area contributed by atoms with Crippen LogP contribution in [0.5, 0.6) is 5.88 Å². The predicted octanol–water partition coefficient (Wildman–Crippen LogP) is 6.09. The molecule has 3 heterocycles. The number of fused-ring (bicyclic) bond motifs is 1. The van der Waals surface area contributed by atoms with Gasteiger partial charge in [0.2, 0.25) is 17.8 Å². The first kappa shape index (κ1) is 21.8. The molecule has 0 aliphatic carbocycles. The van der Waals surface area contributed by atoms with E-state index in [0.717, 1.165) is 48.9 Å². The molecule has 5 rings (SSSR count). The molecule has 174 valence electrons. The topological polar surface area (TPSA) is 104 Å². The Bertz CT molecular complexity index is 1300. The first-order chi connectivity index (χ1) is 16.7. The van der Waals surface area contributed by atoms with Crippen molar-refractivity contribution < 1.29 is 5.11 Å². The second kappa shape index (κ2) is 9.86. The van der Waals surface area contributed by atoms with E-state index in [1.54, 1.807) is 0 Å². The quantitative estimate of drug-likeness (QED) is 0.326. The van der Waals surface area contributed by atoms with Gasteiger partial charge in [-0.3, -0.25) is 0 Å². The number of para-hydroxylation sites is 2. The lowest BCUT2D eigenvalue weighted by atomic mass is 10.1. The molecule has 2 N–H and O–H groups in total. The van der Waals surface area contributed by atoms with Crippen molar-refractivity contribution in [3.8, 4) is 5.88 Å². The summed E-state index contributed by atoms with van der Waals surface area (Å²) in [5.74, 6) is 1.29. The van der Waals surface area contributed by atoms with Crippen LogP contribution < -0.4 is 10.2 Å². The highest BCUT2D eigenvalue weighted by atomic mass is 16.3. The minimum atomic E-state index is 0.0970. The number of aromatic nitrogens is 4. The Morgan fingerprint density at radius 3 is 2.47 bits per heavy atom. The molecule has 34 heavy (non-hydrogen) atoms. The fourth-order valence-electron chi connectivity index (χ4n) is 4.26. The minimum Gasteiger partial charge on any atom is -0.493 e. The van der Waals surface area contributed by atoms with Crippen molar-refractivity contribution in [1.29, 1.82) is 0 Å². The summed E-state index contributed by atoms with van der Waals surface area (Å²) < 4.78 is 1.86. The van der Waals surface area contributed by atoms with Gasteiger partial charge >= 0.3 is 0 Å². The summed E-state index contributed by atoms with van der Waals surface area (Å²) in [4.78, 5) is 15.9. The van der Waals surface area contributed by atoms with Crippen molar-refractivity contribution in [3.05, 3.63) is 54.6 Å². The van der Waals surface area contributed by atoms with Gasteiger partial charge in [0.1, 0.15) is 0 Å². The van der Waals surface area contributed by atoms with Crippen molar-refractivity contribution in [2.75, 3.05) is 23.3 Å². The van der Waals surface area contributed by atoms with Crippen LogP contribution in [0.1, 0.15) is 32.6 Å². The van der Waals surface area contributed by atoms with E-state index in [2.05, 4.69) is 42.3 Å². The third kappa shape index (κ3) is 4.54. The van der Waals surface area contributed by atoms with E-state index < -0.39 is 0 Å². The molecular formula is C25H28N8O. The zero-order valence-electron chi connectivity index (χ0n) is 19.2. The van der Waals surface area contributed by atoms with Crippen LogP contribution in [0.15, 0.2) is 64.8 Å². The first-order valence-electron chi connectivity index (χ1n) is 11.8. The number of piperidine rings is 1. The SMILES string of the molecule is CCCn1c(O)c(N=Nc2nc(Nc3ccccc3)nc(N3CCCCC3)n2)c2ccccc21. The van der Waals surface area contributed by atoms with Gasteiger partial charge in [0.25, 0.3) is 5.95 Å². The van der Waals surface area contributed by atoms with Crippen molar-refractivity contribution in [1.82, 2.24) is 19.5 Å². The fraction of sp³-hybridized carbons (Fsp3) is 0.320. The molecule has 1 fully saturated rings. The van der Waals surface area contributed by atoms with Gasteiger partial charge in [0.05, 0.1) is 5.52 Å². The molecule has 9 heteroatoms. The molecule has 2 aromatic heterocycles. The number of nitrogens with zero attached hydrogens (tertiary/aromatic N) is 7. The zero-order valence-corrected chi connectivity index (χ0v) is 19.2. The molecule has 0 spiro atoms. The van der Waals surface area contributed by atoms with Crippen LogP contribution in [-0.2, 0) is 6.54 Å². The molecule has 1 saturated heterocycles. The summed E-state index contributed by atoms with van der Waals surface area (Å²) in [5, 5.41) is 23.7. The van der Waals surface area contributed by atoms with Gasteiger partial charge in [-0.2, -0.15) is 15.0 Å². The van der Waals surface area contributed by atoms with E-state index >= 15 is 0 Å². The van der Waals surface area contributed by atoms with Crippen LogP contribution >= 0.6 is 0 Å². The number of anilines is 3. The maximum absolute atomic E-state index is 10.9. The summed E-state index contributed by atoms with van der Waals surface area (Å²) in [6.07, 6.45) is 4.32. The number of rotatable bonds is 7. The van der Waals surface area contributed by atoms with Crippen LogP contribution in [0.2, 0.25) is 0 Å². The van der Waals surface area contributed by atoms with Crippen molar-refractivity contribution in [3.63, 3.8) is 0 Å². The van der Waals surface area contributed by atoms with Crippen molar-refractivity contribution in [2.45, 2.75) is 39.2 Å². The fourth-order valence-corrected chi connectivity index (χ4v) is 4.26. The molecule has 0 atom stereocenters. The minimum absolute atomic E-state index is 0.0970. The Labute approximate surface area is 198 Å². The Morgan fingerprint density at radius 1 is 0.912 bits per heavy atom. The number of benzene rings is 2. The Morgan fingerprint density at radius 2 is 1.68 bits per heavy atom. The lowest BCUT2D eigenvalue weighted by Gasteiger charge is -2.26. The largest absolute Gasteiger partial charge is 0.493 e.